The zero-order valence-electron chi connectivity index (χ0n) is 14.6. The van der Waals surface area contributed by atoms with Crippen molar-refractivity contribution in [2.24, 2.45) is 5.41 Å². The third-order valence-corrected chi connectivity index (χ3v) is 4.05. The van der Waals surface area contributed by atoms with Gasteiger partial charge in [0.05, 0.1) is 6.61 Å². The fraction of sp³-hybridized carbons (Fsp3) is 0.706. The average molecular weight is 327 g/mol. The fourth-order valence-corrected chi connectivity index (χ4v) is 1.83. The third-order valence-electron chi connectivity index (χ3n) is 4.05. The molecule has 0 aromatic carbocycles. The molecule has 0 bridgehead atoms. The SMILES string of the molecule is C=CC(=O)CCC(COCC)OC(=O)NC(=O)C(C)(CC)CC. The molecule has 0 radical (unpaired) electrons. The van der Waals surface area contributed by atoms with Gasteiger partial charge in [-0.15, -0.1) is 0 Å². The average Bonchev–Trinajstić information content (AvgIpc) is 2.55. The Hall–Kier alpha value is -1.69. The minimum Gasteiger partial charge on any atom is -0.443 e. The summed E-state index contributed by atoms with van der Waals surface area (Å²) in [5.74, 6) is -0.485. The number of nitrogens with one attached hydrogen (secondary N) is 1. The Balaban J connectivity index is 4.60. The summed E-state index contributed by atoms with van der Waals surface area (Å²) in [5.41, 5.74) is -0.604. The molecule has 0 saturated heterocycles. The Bertz CT molecular complexity index is 415. The smallest absolute Gasteiger partial charge is 0.414 e. The number of hydrogen-bond acceptors (Lipinski definition) is 5. The van der Waals surface area contributed by atoms with Gasteiger partial charge in [-0.25, -0.2) is 4.79 Å². The van der Waals surface area contributed by atoms with Gasteiger partial charge < -0.3 is 9.47 Å². The Morgan fingerprint density at radius 3 is 2.30 bits per heavy atom. The number of ketones is 1. The van der Waals surface area contributed by atoms with Gasteiger partial charge in [0.2, 0.25) is 5.91 Å². The van der Waals surface area contributed by atoms with Crippen LogP contribution in [0.3, 0.4) is 0 Å². The second-order valence-electron chi connectivity index (χ2n) is 5.62. The van der Waals surface area contributed by atoms with Gasteiger partial charge in [-0.05, 0) is 32.3 Å². The quantitative estimate of drug-likeness (QED) is 0.590. The van der Waals surface area contributed by atoms with Crippen molar-refractivity contribution in [2.75, 3.05) is 13.2 Å². The molecule has 0 aliphatic rings. The molecule has 23 heavy (non-hydrogen) atoms. The summed E-state index contributed by atoms with van der Waals surface area (Å²) >= 11 is 0. The zero-order valence-corrected chi connectivity index (χ0v) is 14.6. The van der Waals surface area contributed by atoms with Crippen molar-refractivity contribution in [3.8, 4) is 0 Å². The molecule has 0 aromatic rings. The van der Waals surface area contributed by atoms with Crippen LogP contribution in [0.15, 0.2) is 12.7 Å². The molecule has 1 unspecified atom stereocenters. The van der Waals surface area contributed by atoms with Crippen LogP contribution in [0.2, 0.25) is 0 Å². The summed E-state index contributed by atoms with van der Waals surface area (Å²) in [4.78, 5) is 35.3. The van der Waals surface area contributed by atoms with Crippen LogP contribution in [0.4, 0.5) is 4.79 Å². The van der Waals surface area contributed by atoms with Gasteiger partial charge >= 0.3 is 6.09 Å². The number of amides is 2. The van der Waals surface area contributed by atoms with Crippen molar-refractivity contribution >= 4 is 17.8 Å². The van der Waals surface area contributed by atoms with E-state index in [2.05, 4.69) is 11.9 Å². The van der Waals surface area contributed by atoms with E-state index in [1.54, 1.807) is 6.92 Å². The monoisotopic (exact) mass is 327 g/mol. The molecule has 0 saturated carbocycles. The van der Waals surface area contributed by atoms with Crippen LogP contribution in [-0.2, 0) is 19.1 Å². The first-order valence-electron chi connectivity index (χ1n) is 8.07. The minimum atomic E-state index is -0.807. The topological polar surface area (TPSA) is 81.7 Å². The summed E-state index contributed by atoms with van der Waals surface area (Å²) in [5, 5.41) is 2.27. The Morgan fingerprint density at radius 1 is 1.22 bits per heavy atom. The van der Waals surface area contributed by atoms with Crippen LogP contribution in [0.25, 0.3) is 0 Å². The van der Waals surface area contributed by atoms with Crippen molar-refractivity contribution < 1.29 is 23.9 Å². The molecule has 0 aliphatic heterocycles. The number of alkyl carbamates (subject to hydrolysis) is 1. The number of imide groups is 1. The molecule has 0 spiro atoms. The molecule has 0 rings (SSSR count). The van der Waals surface area contributed by atoms with Crippen LogP contribution >= 0.6 is 0 Å². The first kappa shape index (κ1) is 21.3. The lowest BCUT2D eigenvalue weighted by molar-refractivity contribution is -0.130. The van der Waals surface area contributed by atoms with E-state index in [9.17, 15) is 14.4 Å². The van der Waals surface area contributed by atoms with E-state index in [1.165, 1.54) is 6.08 Å². The normalized spacial score (nSPS) is 12.3. The maximum Gasteiger partial charge on any atom is 0.414 e. The van der Waals surface area contributed by atoms with Gasteiger partial charge in [0.1, 0.15) is 6.10 Å². The third kappa shape index (κ3) is 7.93. The van der Waals surface area contributed by atoms with E-state index in [-0.39, 0.29) is 24.7 Å². The maximum atomic E-state index is 12.1. The fourth-order valence-electron chi connectivity index (χ4n) is 1.83. The van der Waals surface area contributed by atoms with Crippen molar-refractivity contribution in [3.05, 3.63) is 12.7 Å². The predicted molar refractivity (Wildman–Crippen MR) is 88.0 cm³/mol. The van der Waals surface area contributed by atoms with Crippen LogP contribution in [0, 0.1) is 5.41 Å². The number of hydrogen-bond donors (Lipinski definition) is 1. The van der Waals surface area contributed by atoms with E-state index in [1.807, 2.05) is 20.8 Å². The number of carbonyl (C=O) groups excluding carboxylic acids is 3. The largest absolute Gasteiger partial charge is 0.443 e. The summed E-state index contributed by atoms with van der Waals surface area (Å²) in [6.45, 7) is 11.5. The van der Waals surface area contributed by atoms with Crippen molar-refractivity contribution in [1.82, 2.24) is 5.32 Å². The molecular formula is C17H29NO5. The van der Waals surface area contributed by atoms with Crippen LogP contribution in [0.1, 0.15) is 53.4 Å². The van der Waals surface area contributed by atoms with Crippen LogP contribution < -0.4 is 5.32 Å². The second kappa shape index (κ2) is 10.9. The lowest BCUT2D eigenvalue weighted by Gasteiger charge is -2.25. The zero-order chi connectivity index (χ0) is 17.9. The highest BCUT2D eigenvalue weighted by Gasteiger charge is 2.31. The molecule has 0 fully saturated rings. The first-order chi connectivity index (χ1) is 10.8. The van der Waals surface area contributed by atoms with Gasteiger partial charge in [-0.3, -0.25) is 14.9 Å². The Kier molecular flexibility index (Phi) is 10.1. The molecule has 132 valence electrons. The van der Waals surface area contributed by atoms with Crippen LogP contribution in [-0.4, -0.2) is 37.1 Å². The maximum absolute atomic E-state index is 12.1. The van der Waals surface area contributed by atoms with E-state index in [0.29, 0.717) is 25.9 Å². The molecule has 0 aromatic heterocycles. The highest BCUT2D eigenvalue weighted by Crippen LogP contribution is 2.25. The lowest BCUT2D eigenvalue weighted by atomic mass is 9.84. The van der Waals surface area contributed by atoms with Gasteiger partial charge in [-0.1, -0.05) is 27.4 Å². The van der Waals surface area contributed by atoms with Gasteiger partial charge in [0, 0.05) is 18.4 Å². The number of allylic oxidation sites excluding steroid dienone is 1. The van der Waals surface area contributed by atoms with Crippen LogP contribution in [0.5, 0.6) is 0 Å². The highest BCUT2D eigenvalue weighted by molar-refractivity contribution is 5.95. The Labute approximate surface area is 138 Å². The Morgan fingerprint density at radius 2 is 1.83 bits per heavy atom. The van der Waals surface area contributed by atoms with Gasteiger partial charge in [0.25, 0.3) is 0 Å². The van der Waals surface area contributed by atoms with E-state index >= 15 is 0 Å². The summed E-state index contributed by atoms with van der Waals surface area (Å²) < 4.78 is 10.5. The molecule has 2 amide bonds. The standard InChI is InChI=1S/C17H29NO5/c1-6-13(19)10-11-14(12-22-9-4)23-16(21)18-15(20)17(5,7-2)8-3/h6,14H,1,7-12H2,2-5H3,(H,18,20,21). The van der Waals surface area contributed by atoms with Crippen molar-refractivity contribution in [3.63, 3.8) is 0 Å². The summed E-state index contributed by atoms with van der Waals surface area (Å²) in [6, 6.07) is 0. The molecular weight excluding hydrogens is 298 g/mol. The number of ether oxygens (including phenoxy) is 2. The molecule has 1 N–H and O–H groups in total. The first-order valence-corrected chi connectivity index (χ1v) is 8.07. The van der Waals surface area contributed by atoms with E-state index in [0.717, 1.165) is 0 Å². The summed E-state index contributed by atoms with van der Waals surface area (Å²) in [6.07, 6.45) is 1.63. The van der Waals surface area contributed by atoms with E-state index < -0.39 is 17.6 Å². The van der Waals surface area contributed by atoms with Crippen molar-refractivity contribution in [2.45, 2.75) is 59.5 Å². The molecule has 0 heterocycles. The van der Waals surface area contributed by atoms with Gasteiger partial charge in [-0.2, -0.15) is 0 Å². The number of carbonyl (C=O) groups is 3. The van der Waals surface area contributed by atoms with Crippen molar-refractivity contribution in [1.29, 1.82) is 0 Å². The van der Waals surface area contributed by atoms with E-state index in [4.69, 9.17) is 9.47 Å². The molecule has 0 aliphatic carbocycles. The molecule has 1 atom stereocenters. The highest BCUT2D eigenvalue weighted by atomic mass is 16.6. The minimum absolute atomic E-state index is 0.129. The number of rotatable bonds is 11. The predicted octanol–water partition coefficient (Wildman–Crippen LogP) is 3.01. The summed E-state index contributed by atoms with van der Waals surface area (Å²) in [7, 11) is 0. The lowest BCUT2D eigenvalue weighted by Crippen LogP contribution is -2.43. The van der Waals surface area contributed by atoms with Gasteiger partial charge in [0.15, 0.2) is 5.78 Å². The molecule has 6 nitrogen and oxygen atoms in total. The second-order valence-corrected chi connectivity index (χ2v) is 5.62. The molecule has 6 heteroatoms.